The molecule has 2 aliphatic carbocycles. The van der Waals surface area contributed by atoms with Gasteiger partial charge in [-0.15, -0.1) is 0 Å². The van der Waals surface area contributed by atoms with Gasteiger partial charge in [-0.1, -0.05) is 0 Å². The van der Waals surface area contributed by atoms with Crippen molar-refractivity contribution in [3.8, 4) is 0 Å². The third kappa shape index (κ3) is 3.15. The molecule has 5 unspecified atom stereocenters. The Bertz CT molecular complexity index is 979. The molecule has 2 aromatic rings. The first-order valence-corrected chi connectivity index (χ1v) is 9.62. The molecule has 10 nitrogen and oxygen atoms in total. The fourth-order valence-corrected chi connectivity index (χ4v) is 5.11. The molecular weight excluding hydrogens is 379 g/mol. The van der Waals surface area contributed by atoms with Crippen molar-refractivity contribution in [1.29, 1.82) is 0 Å². The van der Waals surface area contributed by atoms with Gasteiger partial charge in [-0.25, -0.2) is 14.4 Å². The highest BCUT2D eigenvalue weighted by Gasteiger charge is 2.54. The SMILES string of the molecule is NC(=O)C1C2CC3CNC(=O)Cn4cnc(c4)Nc4ncc(F)c(n4)NC1C3C2. The summed E-state index contributed by atoms with van der Waals surface area (Å²) in [6.07, 6.45) is 5.87. The summed E-state index contributed by atoms with van der Waals surface area (Å²) in [7, 11) is 0. The van der Waals surface area contributed by atoms with Crippen molar-refractivity contribution in [3.05, 3.63) is 24.5 Å². The predicted molar refractivity (Wildman–Crippen MR) is 100 cm³/mol. The number of nitrogens with two attached hydrogens (primary N) is 1. The Morgan fingerprint density at radius 2 is 2.14 bits per heavy atom. The van der Waals surface area contributed by atoms with E-state index < -0.39 is 17.6 Å². The summed E-state index contributed by atoms with van der Waals surface area (Å²) >= 11 is 0. The number of nitrogens with one attached hydrogen (secondary N) is 3. The first-order chi connectivity index (χ1) is 14.0. The monoisotopic (exact) mass is 400 g/mol. The number of anilines is 3. The van der Waals surface area contributed by atoms with E-state index in [1.165, 1.54) is 6.33 Å². The Labute approximate surface area is 165 Å². The number of nitrogens with zero attached hydrogens (tertiary/aromatic N) is 4. The van der Waals surface area contributed by atoms with Crippen LogP contribution in [0.5, 0.6) is 0 Å². The number of hydrogen-bond donors (Lipinski definition) is 4. The zero-order valence-electron chi connectivity index (χ0n) is 15.5. The molecule has 5 rings (SSSR count). The molecule has 2 saturated carbocycles. The summed E-state index contributed by atoms with van der Waals surface area (Å²) in [5.74, 6) is -0.525. The van der Waals surface area contributed by atoms with Gasteiger partial charge in [0.1, 0.15) is 6.54 Å². The Hall–Kier alpha value is -3.24. The number of hydrogen-bond acceptors (Lipinski definition) is 7. The van der Waals surface area contributed by atoms with Crippen LogP contribution >= 0.6 is 0 Å². The average molecular weight is 400 g/mol. The summed E-state index contributed by atoms with van der Waals surface area (Å²) in [6.45, 7) is 0.636. The molecule has 1 aliphatic heterocycles. The van der Waals surface area contributed by atoms with Crippen LogP contribution < -0.4 is 21.7 Å². The maximum atomic E-state index is 14.4. The molecule has 0 aromatic carbocycles. The molecule has 0 radical (unpaired) electrons. The van der Waals surface area contributed by atoms with Crippen LogP contribution in [0, 0.1) is 29.5 Å². The molecule has 5 N–H and O–H groups in total. The molecule has 6 bridgehead atoms. The van der Waals surface area contributed by atoms with E-state index >= 15 is 0 Å². The maximum Gasteiger partial charge on any atom is 0.239 e. The summed E-state index contributed by atoms with van der Waals surface area (Å²) in [5.41, 5.74) is 5.67. The number of primary amides is 1. The molecule has 0 saturated heterocycles. The minimum atomic E-state index is -0.610. The predicted octanol–water partition coefficient (Wildman–Crippen LogP) is 0.224. The van der Waals surface area contributed by atoms with Crippen LogP contribution in [-0.4, -0.2) is 43.9 Å². The third-order valence-corrected chi connectivity index (χ3v) is 6.28. The van der Waals surface area contributed by atoms with E-state index in [1.54, 1.807) is 10.8 Å². The van der Waals surface area contributed by atoms with E-state index in [0.717, 1.165) is 19.0 Å². The topological polar surface area (TPSA) is 140 Å². The molecule has 152 valence electrons. The lowest BCUT2D eigenvalue weighted by atomic mass is 9.77. The van der Waals surface area contributed by atoms with Gasteiger partial charge in [-0.05, 0) is 30.6 Å². The number of aromatic nitrogens is 4. The Morgan fingerprint density at radius 3 is 2.97 bits per heavy atom. The molecule has 2 amide bonds. The highest BCUT2D eigenvalue weighted by Crippen LogP contribution is 2.52. The summed E-state index contributed by atoms with van der Waals surface area (Å²) in [6, 6.07) is -0.340. The standard InChI is InChI=1S/C18H21FN8O2/c19-11-4-22-18-24-12-5-27(7-23-12)6-13(28)21-3-9-1-8-2-10(9)15(14(8)16(20)29)25-17(11)26-18/h4-5,7-10,14-15H,1-3,6H2,(H2,20,29)(H,21,28)(H2,22,24,25,26). The quantitative estimate of drug-likeness (QED) is 0.537. The zero-order chi connectivity index (χ0) is 20.1. The summed E-state index contributed by atoms with van der Waals surface area (Å²) in [4.78, 5) is 36.8. The lowest BCUT2D eigenvalue weighted by Crippen LogP contribution is -2.47. The fourth-order valence-electron chi connectivity index (χ4n) is 5.11. The van der Waals surface area contributed by atoms with E-state index in [9.17, 15) is 14.0 Å². The number of fused-ring (bicyclic) bond motifs is 5. The number of carbonyl (C=O) groups is 2. The lowest BCUT2D eigenvalue weighted by molar-refractivity contribution is -0.124. The average Bonchev–Trinajstić information content (AvgIpc) is 3.37. The van der Waals surface area contributed by atoms with Crippen molar-refractivity contribution >= 4 is 29.4 Å². The van der Waals surface area contributed by atoms with Gasteiger partial charge in [0.25, 0.3) is 0 Å². The van der Waals surface area contributed by atoms with E-state index in [1.807, 2.05) is 0 Å². The lowest BCUT2D eigenvalue weighted by Gasteiger charge is -2.35. The Morgan fingerprint density at radius 1 is 1.28 bits per heavy atom. The molecule has 3 aliphatic rings. The van der Waals surface area contributed by atoms with Crippen molar-refractivity contribution in [1.82, 2.24) is 24.8 Å². The Kier molecular flexibility index (Phi) is 4.10. The van der Waals surface area contributed by atoms with Gasteiger partial charge in [0.15, 0.2) is 17.5 Å². The van der Waals surface area contributed by atoms with Gasteiger partial charge in [0, 0.05) is 18.8 Å². The normalized spacial score (nSPS) is 30.5. The number of imidazole rings is 1. The van der Waals surface area contributed by atoms with Gasteiger partial charge < -0.3 is 26.3 Å². The van der Waals surface area contributed by atoms with Crippen molar-refractivity contribution in [2.75, 3.05) is 17.2 Å². The molecule has 3 heterocycles. The largest absolute Gasteiger partial charge is 0.369 e. The highest BCUT2D eigenvalue weighted by atomic mass is 19.1. The minimum absolute atomic E-state index is 0.0170. The smallest absolute Gasteiger partial charge is 0.239 e. The molecule has 0 spiro atoms. The second-order valence-corrected chi connectivity index (χ2v) is 8.00. The highest BCUT2D eigenvalue weighted by molar-refractivity contribution is 5.79. The van der Waals surface area contributed by atoms with Crippen LogP contribution in [-0.2, 0) is 16.1 Å². The number of carbonyl (C=O) groups excluding carboxylic acids is 2. The summed E-state index contributed by atoms with van der Waals surface area (Å²) < 4.78 is 16.1. The molecule has 11 heteroatoms. The fraction of sp³-hybridized carbons (Fsp3) is 0.500. The molecule has 5 atom stereocenters. The Balaban J connectivity index is 1.52. The van der Waals surface area contributed by atoms with Crippen LogP contribution in [0.25, 0.3) is 0 Å². The van der Waals surface area contributed by atoms with Crippen molar-refractivity contribution in [2.45, 2.75) is 25.4 Å². The van der Waals surface area contributed by atoms with E-state index in [0.29, 0.717) is 12.4 Å². The van der Waals surface area contributed by atoms with Crippen molar-refractivity contribution < 1.29 is 14.0 Å². The first kappa shape index (κ1) is 17.8. The summed E-state index contributed by atoms with van der Waals surface area (Å²) in [5, 5.41) is 8.99. The van der Waals surface area contributed by atoms with E-state index in [4.69, 9.17) is 5.73 Å². The van der Waals surface area contributed by atoms with Gasteiger partial charge in [-0.3, -0.25) is 9.59 Å². The molecule has 2 fully saturated rings. The van der Waals surface area contributed by atoms with Gasteiger partial charge in [-0.2, -0.15) is 4.98 Å². The van der Waals surface area contributed by atoms with E-state index in [-0.39, 0.29) is 48.0 Å². The number of rotatable bonds is 1. The van der Waals surface area contributed by atoms with Crippen LogP contribution in [0.2, 0.25) is 0 Å². The molecular formula is C18H21FN8O2. The molecule has 29 heavy (non-hydrogen) atoms. The zero-order valence-corrected chi connectivity index (χ0v) is 15.5. The van der Waals surface area contributed by atoms with Crippen LogP contribution in [0.1, 0.15) is 12.8 Å². The number of halogens is 1. The number of amides is 2. The van der Waals surface area contributed by atoms with Gasteiger partial charge in [0.2, 0.25) is 17.8 Å². The third-order valence-electron chi connectivity index (χ3n) is 6.28. The van der Waals surface area contributed by atoms with Gasteiger partial charge in [0.05, 0.1) is 18.4 Å². The second-order valence-electron chi connectivity index (χ2n) is 8.00. The molecule has 2 aromatic heterocycles. The van der Waals surface area contributed by atoms with Crippen LogP contribution in [0.4, 0.5) is 22.0 Å². The second kappa shape index (κ2) is 6.68. The first-order valence-electron chi connectivity index (χ1n) is 9.62. The van der Waals surface area contributed by atoms with Crippen molar-refractivity contribution in [3.63, 3.8) is 0 Å². The van der Waals surface area contributed by atoms with Gasteiger partial charge >= 0.3 is 0 Å². The van der Waals surface area contributed by atoms with Crippen LogP contribution in [0.15, 0.2) is 18.7 Å². The van der Waals surface area contributed by atoms with Crippen molar-refractivity contribution in [2.24, 2.45) is 29.4 Å². The minimum Gasteiger partial charge on any atom is -0.369 e. The van der Waals surface area contributed by atoms with E-state index in [2.05, 4.69) is 30.9 Å². The maximum absolute atomic E-state index is 14.4. The van der Waals surface area contributed by atoms with Crippen LogP contribution in [0.3, 0.4) is 0 Å².